The van der Waals surface area contributed by atoms with Crippen molar-refractivity contribution in [3.63, 3.8) is 0 Å². The number of aliphatic hydroxyl groups excluding tert-OH is 3. The molecule has 4 saturated carbocycles. The van der Waals surface area contributed by atoms with E-state index in [0.717, 1.165) is 57.9 Å². The number of hydrogen-bond donors (Lipinski definition) is 5. The van der Waals surface area contributed by atoms with Crippen molar-refractivity contribution in [1.82, 2.24) is 10.6 Å². The molecule has 6 nitrogen and oxygen atoms in total. The Hall–Kier alpha value is -0.690. The largest absolute Gasteiger partial charge is 0.393 e. The molecule has 1 amide bonds. The normalized spacial score (nSPS) is 47.8. The summed E-state index contributed by atoms with van der Waals surface area (Å²) in [4.78, 5) is 12.2. The molecule has 0 bridgehead atoms. The lowest BCUT2D eigenvalue weighted by atomic mass is 9.43. The van der Waals surface area contributed by atoms with Gasteiger partial charge in [-0.05, 0) is 105 Å². The van der Waals surface area contributed by atoms with Gasteiger partial charge in [0.15, 0.2) is 0 Å². The van der Waals surface area contributed by atoms with Crippen LogP contribution in [-0.2, 0) is 4.79 Å². The fourth-order valence-electron chi connectivity index (χ4n) is 9.11. The number of carbonyl (C=O) groups is 1. The predicted molar refractivity (Wildman–Crippen MR) is 129 cm³/mol. The molecule has 0 radical (unpaired) electrons. The number of carbonyl (C=O) groups excluding carboxylic acids is 1. The SMILES string of the molecule is CNCCNC(=O)CC[C@@H](C)[C@H]1CCC2C3C(C[C@H](O)[C@@]21C)[C@@]1(C)CC[C@@H](O)CC1C[C@H]3O. The van der Waals surface area contributed by atoms with E-state index in [0.29, 0.717) is 42.6 Å². The lowest BCUT2D eigenvalue weighted by molar-refractivity contribution is -0.207. The van der Waals surface area contributed by atoms with Crippen LogP contribution < -0.4 is 10.6 Å². The van der Waals surface area contributed by atoms with E-state index in [1.165, 1.54) is 0 Å². The highest BCUT2D eigenvalue weighted by molar-refractivity contribution is 5.75. The zero-order valence-electron chi connectivity index (χ0n) is 21.2. The summed E-state index contributed by atoms with van der Waals surface area (Å²) < 4.78 is 0. The molecule has 4 fully saturated rings. The number of fused-ring (bicyclic) bond motifs is 5. The third-order valence-corrected chi connectivity index (χ3v) is 11.0. The molecule has 33 heavy (non-hydrogen) atoms. The van der Waals surface area contributed by atoms with Crippen LogP contribution in [0.2, 0.25) is 0 Å². The van der Waals surface area contributed by atoms with Crippen LogP contribution in [0.25, 0.3) is 0 Å². The van der Waals surface area contributed by atoms with Gasteiger partial charge >= 0.3 is 0 Å². The van der Waals surface area contributed by atoms with Gasteiger partial charge in [0.05, 0.1) is 18.3 Å². The molecule has 0 aromatic rings. The van der Waals surface area contributed by atoms with Crippen LogP contribution in [-0.4, -0.2) is 59.7 Å². The first kappa shape index (κ1) is 25.4. The zero-order valence-corrected chi connectivity index (χ0v) is 21.2. The van der Waals surface area contributed by atoms with Crippen molar-refractivity contribution in [3.05, 3.63) is 0 Å². The number of likely N-dealkylation sites (N-methyl/N-ethyl adjacent to an activating group) is 1. The van der Waals surface area contributed by atoms with E-state index in [2.05, 4.69) is 31.4 Å². The van der Waals surface area contributed by atoms with Gasteiger partial charge in [-0.2, -0.15) is 0 Å². The summed E-state index contributed by atoms with van der Waals surface area (Å²) in [6, 6.07) is 0. The summed E-state index contributed by atoms with van der Waals surface area (Å²) >= 11 is 0. The molecule has 5 N–H and O–H groups in total. The molecule has 4 rings (SSSR count). The van der Waals surface area contributed by atoms with Gasteiger partial charge < -0.3 is 26.0 Å². The molecule has 4 unspecified atom stereocenters. The van der Waals surface area contributed by atoms with Gasteiger partial charge in [0.2, 0.25) is 5.91 Å². The Morgan fingerprint density at radius 2 is 1.79 bits per heavy atom. The molecule has 11 atom stereocenters. The monoisotopic (exact) mass is 464 g/mol. The molecular formula is C27H48N2O4. The maximum absolute atomic E-state index is 12.2. The molecule has 0 aliphatic heterocycles. The van der Waals surface area contributed by atoms with E-state index < -0.39 is 0 Å². The van der Waals surface area contributed by atoms with Gasteiger partial charge in [0.1, 0.15) is 0 Å². The number of amides is 1. The third kappa shape index (κ3) is 4.39. The molecular weight excluding hydrogens is 416 g/mol. The molecule has 4 aliphatic carbocycles. The van der Waals surface area contributed by atoms with E-state index >= 15 is 0 Å². The Labute approximate surface area is 200 Å². The molecule has 0 spiro atoms. The lowest BCUT2D eigenvalue weighted by Crippen LogP contribution is -2.62. The molecule has 0 aromatic carbocycles. The molecule has 190 valence electrons. The molecule has 4 aliphatic rings. The lowest BCUT2D eigenvalue weighted by Gasteiger charge is -2.63. The Kier molecular flexibility index (Phi) is 7.51. The van der Waals surface area contributed by atoms with E-state index in [1.54, 1.807) is 0 Å². The second-order valence-corrected chi connectivity index (χ2v) is 12.5. The molecule has 0 aromatic heterocycles. The smallest absolute Gasteiger partial charge is 0.220 e. The summed E-state index contributed by atoms with van der Waals surface area (Å²) in [5.41, 5.74) is -0.0812. The first-order chi connectivity index (χ1) is 15.6. The maximum Gasteiger partial charge on any atom is 0.220 e. The minimum atomic E-state index is -0.363. The van der Waals surface area contributed by atoms with Gasteiger partial charge in [0, 0.05) is 19.5 Å². The Morgan fingerprint density at radius 3 is 2.52 bits per heavy atom. The minimum absolute atomic E-state index is 0.112. The van der Waals surface area contributed by atoms with Gasteiger partial charge in [-0.3, -0.25) is 4.79 Å². The van der Waals surface area contributed by atoms with Crippen molar-refractivity contribution in [2.45, 2.75) is 96.9 Å². The standard InChI is InChI=1S/C27H48N2O4/c1-16(5-8-24(33)29-12-11-28-4)19-6-7-20-25-21(15-23(32)27(19,20)3)26(2)10-9-18(30)13-17(26)14-22(25)31/h16-23,25,28,30-32H,5-15H2,1-4H3,(H,29,33)/t16-,17?,18-,19-,20?,21?,22-,23+,25?,26+,27-/m1/s1. The highest BCUT2D eigenvalue weighted by atomic mass is 16.3. The third-order valence-electron chi connectivity index (χ3n) is 11.0. The average molecular weight is 465 g/mol. The summed E-state index contributed by atoms with van der Waals surface area (Å²) in [6.45, 7) is 8.35. The first-order valence-corrected chi connectivity index (χ1v) is 13.6. The number of nitrogens with one attached hydrogen (secondary N) is 2. The van der Waals surface area contributed by atoms with Crippen molar-refractivity contribution in [1.29, 1.82) is 0 Å². The summed E-state index contributed by atoms with van der Waals surface area (Å²) in [7, 11) is 1.88. The van der Waals surface area contributed by atoms with Crippen molar-refractivity contribution >= 4 is 5.91 Å². The number of aliphatic hydroxyl groups is 3. The highest BCUT2D eigenvalue weighted by Crippen LogP contribution is 2.68. The number of hydrogen-bond acceptors (Lipinski definition) is 5. The average Bonchev–Trinajstić information content (AvgIpc) is 3.13. The summed E-state index contributed by atoms with van der Waals surface area (Å²) in [6.07, 6.45) is 6.81. The van der Waals surface area contributed by atoms with Gasteiger partial charge in [-0.25, -0.2) is 0 Å². The van der Waals surface area contributed by atoms with Crippen molar-refractivity contribution in [2.24, 2.45) is 46.3 Å². The van der Waals surface area contributed by atoms with E-state index in [1.807, 2.05) is 7.05 Å². The Bertz CT molecular complexity index is 704. The van der Waals surface area contributed by atoms with Crippen LogP contribution in [0.1, 0.15) is 78.6 Å². The van der Waals surface area contributed by atoms with Crippen molar-refractivity contribution in [3.8, 4) is 0 Å². The van der Waals surface area contributed by atoms with Crippen LogP contribution >= 0.6 is 0 Å². The molecule has 0 heterocycles. The Morgan fingerprint density at radius 1 is 1.03 bits per heavy atom. The fourth-order valence-corrected chi connectivity index (χ4v) is 9.11. The predicted octanol–water partition coefficient (Wildman–Crippen LogP) is 2.70. The van der Waals surface area contributed by atoms with E-state index in [-0.39, 0.29) is 41.0 Å². The van der Waals surface area contributed by atoms with Crippen LogP contribution in [0.3, 0.4) is 0 Å². The van der Waals surface area contributed by atoms with Crippen molar-refractivity contribution < 1.29 is 20.1 Å². The van der Waals surface area contributed by atoms with Gasteiger partial charge in [-0.1, -0.05) is 20.8 Å². The zero-order chi connectivity index (χ0) is 24.0. The van der Waals surface area contributed by atoms with Crippen LogP contribution in [0.5, 0.6) is 0 Å². The van der Waals surface area contributed by atoms with Crippen LogP contribution in [0, 0.1) is 46.3 Å². The Balaban J connectivity index is 1.47. The van der Waals surface area contributed by atoms with Gasteiger partial charge in [0.25, 0.3) is 0 Å². The van der Waals surface area contributed by atoms with E-state index in [9.17, 15) is 20.1 Å². The summed E-state index contributed by atoms with van der Waals surface area (Å²) in [5.74, 6) is 2.14. The second kappa shape index (κ2) is 9.75. The maximum atomic E-state index is 12.2. The van der Waals surface area contributed by atoms with E-state index in [4.69, 9.17) is 0 Å². The fraction of sp³-hybridized carbons (Fsp3) is 0.963. The molecule has 6 heteroatoms. The minimum Gasteiger partial charge on any atom is -0.393 e. The quantitative estimate of drug-likeness (QED) is 0.373. The first-order valence-electron chi connectivity index (χ1n) is 13.6. The highest BCUT2D eigenvalue weighted by Gasteiger charge is 2.65. The topological polar surface area (TPSA) is 102 Å². The van der Waals surface area contributed by atoms with Crippen LogP contribution in [0.4, 0.5) is 0 Å². The molecule has 0 saturated heterocycles. The van der Waals surface area contributed by atoms with Gasteiger partial charge in [-0.15, -0.1) is 0 Å². The second-order valence-electron chi connectivity index (χ2n) is 12.5. The summed E-state index contributed by atoms with van der Waals surface area (Å²) in [5, 5.41) is 39.3. The van der Waals surface area contributed by atoms with Crippen molar-refractivity contribution in [2.75, 3.05) is 20.1 Å². The van der Waals surface area contributed by atoms with Crippen LogP contribution in [0.15, 0.2) is 0 Å². The number of rotatable bonds is 7.